The fraction of sp³-hybridized carbons (Fsp3) is 0.810. The Hall–Kier alpha value is -0.920. The van der Waals surface area contributed by atoms with Gasteiger partial charge >= 0.3 is 0 Å². The van der Waals surface area contributed by atoms with E-state index < -0.39 is 0 Å². The minimum Gasteiger partial charge on any atom is -0.300 e. The number of carbonyl (C=O) groups is 2. The van der Waals surface area contributed by atoms with E-state index in [0.29, 0.717) is 34.7 Å². The Morgan fingerprint density at radius 1 is 1.00 bits per heavy atom. The number of allylic oxidation sites excluding steroid dienone is 1. The predicted octanol–water partition coefficient (Wildman–Crippen LogP) is 4.72. The molecule has 0 aromatic rings. The summed E-state index contributed by atoms with van der Waals surface area (Å²) < 4.78 is 0. The number of hydrogen-bond acceptors (Lipinski definition) is 2. The van der Waals surface area contributed by atoms with Crippen LogP contribution in [-0.2, 0) is 9.59 Å². The van der Waals surface area contributed by atoms with E-state index in [4.69, 9.17) is 0 Å². The van der Waals surface area contributed by atoms with Gasteiger partial charge in [0.25, 0.3) is 0 Å². The number of fused-ring (bicyclic) bond motifs is 5. The van der Waals surface area contributed by atoms with Crippen LogP contribution < -0.4 is 0 Å². The summed E-state index contributed by atoms with van der Waals surface area (Å²) in [6.07, 6.45) is 10.9. The van der Waals surface area contributed by atoms with E-state index >= 15 is 0 Å². The van der Waals surface area contributed by atoms with Crippen LogP contribution in [0.1, 0.15) is 72.1 Å². The average Bonchev–Trinajstić information content (AvgIpc) is 2.84. The summed E-state index contributed by atoms with van der Waals surface area (Å²) in [5, 5.41) is 0. The monoisotopic (exact) mass is 314 g/mol. The van der Waals surface area contributed by atoms with E-state index in [1.807, 2.05) is 6.08 Å². The molecule has 0 aromatic carbocycles. The van der Waals surface area contributed by atoms with Gasteiger partial charge in [-0.25, -0.2) is 0 Å². The van der Waals surface area contributed by atoms with Crippen LogP contribution in [0.3, 0.4) is 0 Å². The van der Waals surface area contributed by atoms with Gasteiger partial charge in [-0.1, -0.05) is 19.4 Å². The van der Waals surface area contributed by atoms with Crippen LogP contribution in [0, 0.1) is 34.5 Å². The van der Waals surface area contributed by atoms with Gasteiger partial charge in [0.05, 0.1) is 0 Å². The highest BCUT2D eigenvalue weighted by Crippen LogP contribution is 2.68. The molecular formula is C21H30O2. The van der Waals surface area contributed by atoms with Crippen molar-refractivity contribution in [3.8, 4) is 0 Å². The largest absolute Gasteiger partial charge is 0.300 e. The first-order chi connectivity index (χ1) is 10.9. The zero-order chi connectivity index (χ0) is 16.4. The van der Waals surface area contributed by atoms with Gasteiger partial charge in [0.1, 0.15) is 5.78 Å². The van der Waals surface area contributed by atoms with Crippen molar-refractivity contribution in [2.75, 3.05) is 0 Å². The second-order valence-corrected chi connectivity index (χ2v) is 9.28. The minimum atomic E-state index is 0.238. The van der Waals surface area contributed by atoms with Crippen LogP contribution in [-0.4, -0.2) is 11.6 Å². The Morgan fingerprint density at radius 2 is 1.70 bits per heavy atom. The Balaban J connectivity index is 1.68. The van der Waals surface area contributed by atoms with E-state index in [1.54, 1.807) is 6.92 Å². The summed E-state index contributed by atoms with van der Waals surface area (Å²) in [6.45, 7) is 6.72. The van der Waals surface area contributed by atoms with Crippen LogP contribution in [0.4, 0.5) is 0 Å². The summed E-state index contributed by atoms with van der Waals surface area (Å²) in [7, 11) is 0. The molecule has 0 saturated heterocycles. The van der Waals surface area contributed by atoms with Crippen LogP contribution >= 0.6 is 0 Å². The van der Waals surface area contributed by atoms with E-state index in [9.17, 15) is 9.59 Å². The second-order valence-electron chi connectivity index (χ2n) is 9.28. The lowest BCUT2D eigenvalue weighted by atomic mass is 9.45. The van der Waals surface area contributed by atoms with E-state index in [0.717, 1.165) is 31.6 Å². The number of ketones is 2. The molecule has 0 N–H and O–H groups in total. The molecule has 0 aromatic heterocycles. The lowest BCUT2D eigenvalue weighted by Gasteiger charge is -2.59. The quantitative estimate of drug-likeness (QED) is 0.701. The SMILES string of the molecule is CC(=O)[C@H]1CC[C@H]2[C@@H]3CCC4=CC(=O)CC[C@@H]4[C@@]3(C)CC[C@]12C. The lowest BCUT2D eigenvalue weighted by Crippen LogP contribution is -2.53. The summed E-state index contributed by atoms with van der Waals surface area (Å²) in [5.74, 6) is 3.15. The van der Waals surface area contributed by atoms with Gasteiger partial charge in [-0.15, -0.1) is 0 Å². The predicted molar refractivity (Wildman–Crippen MR) is 90.9 cm³/mol. The van der Waals surface area contributed by atoms with Crippen LogP contribution in [0.5, 0.6) is 0 Å². The minimum absolute atomic E-state index is 0.238. The van der Waals surface area contributed by atoms with Crippen molar-refractivity contribution in [3.05, 3.63) is 11.6 Å². The number of carbonyl (C=O) groups excluding carboxylic acids is 2. The third kappa shape index (κ3) is 2.06. The molecule has 126 valence electrons. The molecule has 3 saturated carbocycles. The van der Waals surface area contributed by atoms with Gasteiger partial charge in [0.15, 0.2) is 5.78 Å². The van der Waals surface area contributed by atoms with Crippen molar-refractivity contribution < 1.29 is 9.59 Å². The van der Waals surface area contributed by atoms with Crippen molar-refractivity contribution in [2.24, 2.45) is 34.5 Å². The molecular weight excluding hydrogens is 284 g/mol. The van der Waals surface area contributed by atoms with Crippen LogP contribution in [0.15, 0.2) is 11.6 Å². The molecule has 2 heteroatoms. The molecule has 0 bridgehead atoms. The maximum atomic E-state index is 12.2. The average molecular weight is 314 g/mol. The Morgan fingerprint density at radius 3 is 2.43 bits per heavy atom. The Bertz CT molecular complexity index is 589. The first kappa shape index (κ1) is 15.6. The Kier molecular flexibility index (Phi) is 3.42. The van der Waals surface area contributed by atoms with Gasteiger partial charge in [-0.2, -0.15) is 0 Å². The van der Waals surface area contributed by atoms with Gasteiger partial charge in [0, 0.05) is 12.3 Å². The molecule has 4 aliphatic rings. The molecule has 23 heavy (non-hydrogen) atoms. The van der Waals surface area contributed by atoms with Gasteiger partial charge in [0.2, 0.25) is 0 Å². The highest BCUT2D eigenvalue weighted by atomic mass is 16.1. The van der Waals surface area contributed by atoms with Gasteiger partial charge in [-0.3, -0.25) is 9.59 Å². The normalized spacial score (nSPS) is 49.0. The maximum absolute atomic E-state index is 12.2. The topological polar surface area (TPSA) is 34.1 Å². The zero-order valence-corrected chi connectivity index (χ0v) is 14.9. The standard InChI is InChI=1S/C21H30O2/c1-13(22)16-8-9-19-18-6-4-14-12-15(23)5-7-17(14)21(18,3)11-10-20(16,19)2/h12,16-19H,4-11H2,1-3H3/t16-,17+,18+,19+,20-,21-/m1/s1. The van der Waals surface area contributed by atoms with E-state index in [1.165, 1.54) is 31.3 Å². The zero-order valence-electron chi connectivity index (χ0n) is 14.9. The summed E-state index contributed by atoms with van der Waals surface area (Å²) in [6, 6.07) is 0. The molecule has 0 aliphatic heterocycles. The summed E-state index contributed by atoms with van der Waals surface area (Å²) >= 11 is 0. The number of Topliss-reactive ketones (excluding diaryl/α,β-unsaturated/α-hetero) is 1. The van der Waals surface area contributed by atoms with Crippen LogP contribution in [0.25, 0.3) is 0 Å². The van der Waals surface area contributed by atoms with Crippen LogP contribution in [0.2, 0.25) is 0 Å². The molecule has 0 amide bonds. The smallest absolute Gasteiger partial charge is 0.155 e. The molecule has 0 spiro atoms. The highest BCUT2D eigenvalue weighted by Gasteiger charge is 2.61. The molecule has 0 unspecified atom stereocenters. The first-order valence-corrected chi connectivity index (χ1v) is 9.60. The first-order valence-electron chi connectivity index (χ1n) is 9.60. The van der Waals surface area contributed by atoms with E-state index in [-0.39, 0.29) is 5.41 Å². The highest BCUT2D eigenvalue weighted by molar-refractivity contribution is 5.91. The van der Waals surface area contributed by atoms with Crippen molar-refractivity contribution in [3.63, 3.8) is 0 Å². The lowest BCUT2D eigenvalue weighted by molar-refractivity contribution is -0.131. The van der Waals surface area contributed by atoms with Crippen molar-refractivity contribution in [2.45, 2.75) is 72.1 Å². The van der Waals surface area contributed by atoms with Crippen molar-refractivity contribution in [1.82, 2.24) is 0 Å². The molecule has 0 radical (unpaired) electrons. The molecule has 3 fully saturated rings. The summed E-state index contributed by atoms with van der Waals surface area (Å²) in [5.41, 5.74) is 2.05. The third-order valence-corrected chi connectivity index (χ3v) is 8.45. The fourth-order valence-corrected chi connectivity index (χ4v) is 7.27. The molecule has 4 aliphatic carbocycles. The molecule has 2 nitrogen and oxygen atoms in total. The molecule has 0 heterocycles. The second kappa shape index (κ2) is 5.04. The van der Waals surface area contributed by atoms with Crippen molar-refractivity contribution in [1.29, 1.82) is 0 Å². The number of hydrogen-bond donors (Lipinski definition) is 0. The third-order valence-electron chi connectivity index (χ3n) is 8.45. The van der Waals surface area contributed by atoms with E-state index in [2.05, 4.69) is 13.8 Å². The van der Waals surface area contributed by atoms with Crippen molar-refractivity contribution >= 4 is 11.6 Å². The van der Waals surface area contributed by atoms with Gasteiger partial charge < -0.3 is 0 Å². The summed E-state index contributed by atoms with van der Waals surface area (Å²) in [4.78, 5) is 24.0. The van der Waals surface area contributed by atoms with Gasteiger partial charge in [-0.05, 0) is 86.5 Å². The number of rotatable bonds is 1. The molecule has 6 atom stereocenters. The maximum Gasteiger partial charge on any atom is 0.155 e. The molecule has 4 rings (SSSR count). The fourth-order valence-electron chi connectivity index (χ4n) is 7.27. The Labute approximate surface area is 140 Å².